The molecule has 20 heavy (non-hydrogen) atoms. The molecule has 0 saturated heterocycles. The summed E-state index contributed by atoms with van der Waals surface area (Å²) in [6.45, 7) is 0.508. The molecule has 0 radical (unpaired) electrons. The number of rotatable bonds is 4. The van der Waals surface area contributed by atoms with Gasteiger partial charge in [0.2, 0.25) is 10.0 Å². The second-order valence-electron chi connectivity index (χ2n) is 3.90. The van der Waals surface area contributed by atoms with E-state index in [9.17, 15) is 8.42 Å². The van der Waals surface area contributed by atoms with Crippen LogP contribution in [-0.4, -0.2) is 15.0 Å². The molecule has 2 rings (SSSR count). The van der Waals surface area contributed by atoms with Crippen LogP contribution in [0.15, 0.2) is 46.7 Å². The van der Waals surface area contributed by atoms with Crippen LogP contribution in [0.4, 0.5) is 0 Å². The van der Waals surface area contributed by atoms with Crippen LogP contribution in [0.3, 0.4) is 0 Å². The predicted molar refractivity (Wildman–Crippen MR) is 80.7 cm³/mol. The molecule has 3 N–H and O–H groups in total. The van der Waals surface area contributed by atoms with Gasteiger partial charge in [-0.05, 0) is 23.6 Å². The largest absolute Gasteiger partial charge is 0.320 e. The summed E-state index contributed by atoms with van der Waals surface area (Å²) in [5.41, 5.74) is 6.15. The topological polar surface area (TPSA) is 72.2 Å². The summed E-state index contributed by atoms with van der Waals surface area (Å²) in [4.78, 5) is 1.14. The molecule has 1 aromatic carbocycles. The first-order valence-corrected chi connectivity index (χ1v) is 8.30. The molecule has 0 unspecified atom stereocenters. The molecule has 4 nitrogen and oxygen atoms in total. The van der Waals surface area contributed by atoms with Crippen LogP contribution in [-0.2, 0) is 16.6 Å². The molecule has 104 valence electrons. The first kappa shape index (κ1) is 14.8. The number of hydrogen-bond donors (Lipinski definition) is 2. The molecule has 0 spiro atoms. The van der Waals surface area contributed by atoms with Crippen LogP contribution in [0.25, 0.3) is 0 Å². The van der Waals surface area contributed by atoms with Gasteiger partial charge in [-0.1, -0.05) is 30.0 Å². The minimum Gasteiger partial charge on any atom is -0.320 e. The van der Waals surface area contributed by atoms with Gasteiger partial charge in [0, 0.05) is 17.0 Å². The van der Waals surface area contributed by atoms with Crippen molar-refractivity contribution in [2.75, 3.05) is 6.54 Å². The lowest BCUT2D eigenvalue weighted by atomic mass is 10.2. The third-order valence-electron chi connectivity index (χ3n) is 2.55. The maximum absolute atomic E-state index is 12.1. The standard InChI is InChI=1S/C14H14N2O2S2/c15-9-4-5-12-8-10-19-14(12)11-16-20(17,18)13-6-2-1-3-7-13/h1-3,6-8,10,16H,9,11,15H2. The number of hydrogen-bond acceptors (Lipinski definition) is 4. The molecule has 2 aromatic rings. The zero-order valence-corrected chi connectivity index (χ0v) is 12.3. The van der Waals surface area contributed by atoms with Crippen molar-refractivity contribution in [3.8, 4) is 11.8 Å². The van der Waals surface area contributed by atoms with E-state index in [1.807, 2.05) is 11.4 Å². The van der Waals surface area contributed by atoms with E-state index in [-0.39, 0.29) is 18.0 Å². The van der Waals surface area contributed by atoms with Gasteiger partial charge in [0.1, 0.15) is 0 Å². The molecule has 1 heterocycles. The highest BCUT2D eigenvalue weighted by Gasteiger charge is 2.14. The Kier molecular flexibility index (Phi) is 4.93. The van der Waals surface area contributed by atoms with Gasteiger partial charge in [0.25, 0.3) is 0 Å². The highest BCUT2D eigenvalue weighted by molar-refractivity contribution is 7.89. The SMILES string of the molecule is NCC#Cc1ccsc1CNS(=O)(=O)c1ccccc1. The molecule has 1 aromatic heterocycles. The Morgan fingerprint density at radius 1 is 1.20 bits per heavy atom. The van der Waals surface area contributed by atoms with Crippen molar-refractivity contribution in [3.63, 3.8) is 0 Å². The molecule has 0 saturated carbocycles. The van der Waals surface area contributed by atoms with Gasteiger partial charge in [0.05, 0.1) is 11.4 Å². The van der Waals surface area contributed by atoms with E-state index in [2.05, 4.69) is 16.6 Å². The average Bonchev–Trinajstić information content (AvgIpc) is 2.91. The molecule has 0 amide bonds. The summed E-state index contributed by atoms with van der Waals surface area (Å²) in [5, 5.41) is 1.88. The fourth-order valence-electron chi connectivity index (χ4n) is 1.58. The summed E-state index contributed by atoms with van der Waals surface area (Å²) in [6.07, 6.45) is 0. The first-order valence-electron chi connectivity index (χ1n) is 5.93. The Hall–Kier alpha value is -1.65. The Bertz CT molecular complexity index is 725. The molecule has 0 fully saturated rings. The number of nitrogens with one attached hydrogen (secondary N) is 1. The van der Waals surface area contributed by atoms with E-state index < -0.39 is 10.0 Å². The van der Waals surface area contributed by atoms with Crippen molar-refractivity contribution >= 4 is 21.4 Å². The van der Waals surface area contributed by atoms with Crippen LogP contribution >= 0.6 is 11.3 Å². The summed E-state index contributed by atoms with van der Waals surface area (Å²) >= 11 is 1.47. The average molecular weight is 306 g/mol. The van der Waals surface area contributed by atoms with Gasteiger partial charge in [-0.2, -0.15) is 0 Å². The molecular weight excluding hydrogens is 292 g/mol. The maximum atomic E-state index is 12.1. The van der Waals surface area contributed by atoms with Crippen LogP contribution < -0.4 is 10.5 Å². The first-order chi connectivity index (χ1) is 9.63. The van der Waals surface area contributed by atoms with Crippen LogP contribution in [0, 0.1) is 11.8 Å². The van der Waals surface area contributed by atoms with Gasteiger partial charge >= 0.3 is 0 Å². The van der Waals surface area contributed by atoms with E-state index in [1.165, 1.54) is 11.3 Å². The van der Waals surface area contributed by atoms with E-state index in [4.69, 9.17) is 5.73 Å². The monoisotopic (exact) mass is 306 g/mol. The van der Waals surface area contributed by atoms with E-state index in [0.29, 0.717) is 0 Å². The van der Waals surface area contributed by atoms with Crippen LogP contribution in [0.5, 0.6) is 0 Å². The summed E-state index contributed by atoms with van der Waals surface area (Å²) < 4.78 is 26.8. The maximum Gasteiger partial charge on any atom is 0.240 e. The van der Waals surface area contributed by atoms with Crippen LogP contribution in [0.1, 0.15) is 10.4 Å². The normalized spacial score (nSPS) is 10.8. The fourth-order valence-corrected chi connectivity index (χ4v) is 3.46. The van der Waals surface area contributed by atoms with Gasteiger partial charge in [-0.3, -0.25) is 0 Å². The molecular formula is C14H14N2O2S2. The van der Waals surface area contributed by atoms with E-state index in [0.717, 1.165) is 10.4 Å². The zero-order chi connectivity index (χ0) is 14.4. The number of thiophene rings is 1. The van der Waals surface area contributed by atoms with Crippen molar-refractivity contribution < 1.29 is 8.42 Å². The predicted octanol–water partition coefficient (Wildman–Crippen LogP) is 1.54. The van der Waals surface area contributed by atoms with Crippen molar-refractivity contribution in [3.05, 3.63) is 52.2 Å². The van der Waals surface area contributed by atoms with Gasteiger partial charge in [0.15, 0.2) is 0 Å². The Morgan fingerprint density at radius 2 is 1.95 bits per heavy atom. The molecule has 0 aliphatic heterocycles. The van der Waals surface area contributed by atoms with Crippen LogP contribution in [0.2, 0.25) is 0 Å². The minimum absolute atomic E-state index is 0.226. The van der Waals surface area contributed by atoms with Crippen molar-refractivity contribution in [1.82, 2.24) is 4.72 Å². The molecule has 0 aliphatic rings. The summed E-state index contributed by atoms with van der Waals surface area (Å²) in [6, 6.07) is 10.1. The third kappa shape index (κ3) is 3.68. The van der Waals surface area contributed by atoms with Crippen molar-refractivity contribution in [2.45, 2.75) is 11.4 Å². The lowest BCUT2D eigenvalue weighted by molar-refractivity contribution is 0.582. The molecule has 0 atom stereocenters. The van der Waals surface area contributed by atoms with Gasteiger partial charge < -0.3 is 5.73 Å². The third-order valence-corrected chi connectivity index (χ3v) is 4.88. The lowest BCUT2D eigenvalue weighted by Crippen LogP contribution is -2.23. The zero-order valence-electron chi connectivity index (χ0n) is 10.7. The van der Waals surface area contributed by atoms with E-state index in [1.54, 1.807) is 30.3 Å². The number of nitrogens with two attached hydrogens (primary N) is 1. The molecule has 0 bridgehead atoms. The fraction of sp³-hybridized carbons (Fsp3) is 0.143. The van der Waals surface area contributed by atoms with Gasteiger partial charge in [-0.25, -0.2) is 13.1 Å². The Balaban J connectivity index is 2.11. The second kappa shape index (κ2) is 6.68. The van der Waals surface area contributed by atoms with Crippen molar-refractivity contribution in [2.24, 2.45) is 5.73 Å². The summed E-state index contributed by atoms with van der Waals surface area (Å²) in [5.74, 6) is 5.70. The quantitative estimate of drug-likeness (QED) is 0.842. The summed E-state index contributed by atoms with van der Waals surface area (Å²) in [7, 11) is -3.49. The lowest BCUT2D eigenvalue weighted by Gasteiger charge is -2.05. The highest BCUT2D eigenvalue weighted by Crippen LogP contribution is 2.17. The molecule has 0 aliphatic carbocycles. The highest BCUT2D eigenvalue weighted by atomic mass is 32.2. The Labute approximate surface area is 122 Å². The van der Waals surface area contributed by atoms with E-state index >= 15 is 0 Å². The minimum atomic E-state index is -3.49. The van der Waals surface area contributed by atoms with Crippen molar-refractivity contribution in [1.29, 1.82) is 0 Å². The van der Waals surface area contributed by atoms with Gasteiger partial charge in [-0.15, -0.1) is 11.3 Å². The second-order valence-corrected chi connectivity index (χ2v) is 6.67. The number of sulfonamides is 1. The smallest absolute Gasteiger partial charge is 0.240 e. The Morgan fingerprint density at radius 3 is 2.65 bits per heavy atom. The number of benzene rings is 1. The molecule has 6 heteroatoms.